The van der Waals surface area contributed by atoms with Crippen LogP contribution >= 0.6 is 0 Å². The first-order chi connectivity index (χ1) is 9.26. The number of carbonyl (C=O) groups is 1. The second-order valence-corrected chi connectivity index (χ2v) is 7.71. The Morgan fingerprint density at radius 2 is 1.19 bits per heavy atom. The first-order valence-electron chi connectivity index (χ1n) is 8.26. The fourth-order valence-electron chi connectivity index (χ4n) is 1.73. The molecule has 3 heteroatoms. The van der Waals surface area contributed by atoms with Gasteiger partial charge in [0.15, 0.2) is 0 Å². The van der Waals surface area contributed by atoms with Crippen LogP contribution in [0.1, 0.15) is 69.2 Å². The molecule has 0 aliphatic carbocycles. The van der Waals surface area contributed by atoms with E-state index >= 15 is 0 Å². The number of amides is 1. The van der Waals surface area contributed by atoms with Crippen molar-refractivity contribution < 1.29 is 4.79 Å². The molecule has 0 saturated carbocycles. The van der Waals surface area contributed by atoms with Gasteiger partial charge in [-0.3, -0.25) is 9.69 Å². The topological polar surface area (TPSA) is 23.6 Å². The standard InChI is InChI=1S/C10H23N.C8H17NO/c1-8(2)10(5,6)11(7)9(3)4;1-6(2)8(10)9(5)7(3)4/h8-9H,1-7H3;6-7H,1-5H3. The Labute approximate surface area is 134 Å². The van der Waals surface area contributed by atoms with Gasteiger partial charge in [0.05, 0.1) is 0 Å². The molecule has 0 atom stereocenters. The molecule has 1 amide bonds. The van der Waals surface area contributed by atoms with Crippen LogP contribution in [0.3, 0.4) is 0 Å². The second kappa shape index (κ2) is 9.45. The van der Waals surface area contributed by atoms with E-state index in [2.05, 4.69) is 53.5 Å². The van der Waals surface area contributed by atoms with Crippen molar-refractivity contribution >= 4 is 5.91 Å². The molecule has 0 rings (SSSR count). The van der Waals surface area contributed by atoms with Crippen LogP contribution in [0.5, 0.6) is 0 Å². The van der Waals surface area contributed by atoms with Gasteiger partial charge in [-0.05, 0) is 54.5 Å². The van der Waals surface area contributed by atoms with Crippen LogP contribution in [0.25, 0.3) is 0 Å². The van der Waals surface area contributed by atoms with Gasteiger partial charge in [-0.1, -0.05) is 27.7 Å². The van der Waals surface area contributed by atoms with Crippen LogP contribution in [-0.4, -0.2) is 47.4 Å². The maximum Gasteiger partial charge on any atom is 0.225 e. The average Bonchev–Trinajstić information content (AvgIpc) is 2.35. The summed E-state index contributed by atoms with van der Waals surface area (Å²) in [7, 11) is 4.04. The van der Waals surface area contributed by atoms with Gasteiger partial charge in [-0.15, -0.1) is 0 Å². The summed E-state index contributed by atoms with van der Waals surface area (Å²) in [5.41, 5.74) is 0.314. The number of hydrogen-bond donors (Lipinski definition) is 0. The zero-order chi connectivity index (χ0) is 17.5. The summed E-state index contributed by atoms with van der Waals surface area (Å²) in [5, 5.41) is 0. The van der Waals surface area contributed by atoms with Gasteiger partial charge in [0.2, 0.25) is 5.91 Å². The predicted octanol–water partition coefficient (Wildman–Crippen LogP) is 4.27. The molecule has 0 saturated heterocycles. The molecule has 0 radical (unpaired) electrons. The average molecular weight is 301 g/mol. The number of carbonyl (C=O) groups excluding carboxylic acids is 1. The van der Waals surface area contributed by atoms with E-state index in [4.69, 9.17) is 0 Å². The summed E-state index contributed by atoms with van der Waals surface area (Å²) in [6, 6.07) is 0.947. The van der Waals surface area contributed by atoms with Gasteiger partial charge >= 0.3 is 0 Å². The normalized spacial score (nSPS) is 12.2. The van der Waals surface area contributed by atoms with Crippen LogP contribution in [0, 0.1) is 11.8 Å². The highest BCUT2D eigenvalue weighted by Crippen LogP contribution is 2.23. The van der Waals surface area contributed by atoms with Crippen molar-refractivity contribution in [3.63, 3.8) is 0 Å². The highest BCUT2D eigenvalue weighted by Gasteiger charge is 2.28. The minimum atomic E-state index is 0.118. The van der Waals surface area contributed by atoms with E-state index in [9.17, 15) is 4.79 Å². The Kier molecular flexibility index (Phi) is 10.2. The Morgan fingerprint density at radius 1 is 0.810 bits per heavy atom. The lowest BCUT2D eigenvalue weighted by Crippen LogP contribution is -2.48. The smallest absolute Gasteiger partial charge is 0.225 e. The maximum atomic E-state index is 11.2. The molecule has 3 nitrogen and oxygen atoms in total. The van der Waals surface area contributed by atoms with Gasteiger partial charge in [0.1, 0.15) is 0 Å². The van der Waals surface area contributed by atoms with E-state index in [-0.39, 0.29) is 11.8 Å². The summed E-state index contributed by atoms with van der Waals surface area (Å²) < 4.78 is 0. The zero-order valence-electron chi connectivity index (χ0n) is 16.6. The molecule has 0 aromatic carbocycles. The molecule has 0 aromatic rings. The fraction of sp³-hybridized carbons (Fsp3) is 0.944. The van der Waals surface area contributed by atoms with Crippen LogP contribution in [0.4, 0.5) is 0 Å². The van der Waals surface area contributed by atoms with Gasteiger partial charge in [-0.2, -0.15) is 0 Å². The van der Waals surface area contributed by atoms with Gasteiger partial charge in [-0.25, -0.2) is 0 Å². The molecule has 0 aliphatic rings. The molecule has 21 heavy (non-hydrogen) atoms. The van der Waals surface area contributed by atoms with Crippen molar-refractivity contribution in [1.82, 2.24) is 9.80 Å². The molecular formula is C18H40N2O. The summed E-state index contributed by atoms with van der Waals surface area (Å²) in [6.07, 6.45) is 0. The van der Waals surface area contributed by atoms with Gasteiger partial charge < -0.3 is 4.90 Å². The van der Waals surface area contributed by atoms with Crippen molar-refractivity contribution in [3.05, 3.63) is 0 Å². The van der Waals surface area contributed by atoms with Gasteiger partial charge in [0, 0.05) is 30.6 Å². The Morgan fingerprint density at radius 3 is 1.29 bits per heavy atom. The third-order valence-electron chi connectivity index (χ3n) is 4.71. The summed E-state index contributed by atoms with van der Waals surface area (Å²) in [6.45, 7) is 21.5. The SMILES string of the molecule is CC(C)C(=O)N(C)C(C)C.CC(C)N(C)C(C)(C)C(C)C. The Hall–Kier alpha value is -0.570. The lowest BCUT2D eigenvalue weighted by Gasteiger charge is -2.41. The lowest BCUT2D eigenvalue weighted by atomic mass is 9.88. The highest BCUT2D eigenvalue weighted by atomic mass is 16.2. The minimum absolute atomic E-state index is 0.118. The number of rotatable bonds is 5. The van der Waals surface area contributed by atoms with E-state index in [1.165, 1.54) is 0 Å². The molecular weight excluding hydrogens is 260 g/mol. The van der Waals surface area contributed by atoms with Crippen molar-refractivity contribution in [1.29, 1.82) is 0 Å². The quantitative estimate of drug-likeness (QED) is 0.757. The van der Waals surface area contributed by atoms with E-state index < -0.39 is 0 Å². The Balaban J connectivity index is 0. The monoisotopic (exact) mass is 300 g/mol. The fourth-order valence-corrected chi connectivity index (χ4v) is 1.73. The summed E-state index contributed by atoms with van der Waals surface area (Å²) >= 11 is 0. The third kappa shape index (κ3) is 7.85. The van der Waals surface area contributed by atoms with Crippen molar-refractivity contribution in [2.45, 2.75) is 86.9 Å². The predicted molar refractivity (Wildman–Crippen MR) is 94.6 cm³/mol. The van der Waals surface area contributed by atoms with E-state index in [1.54, 1.807) is 4.90 Å². The zero-order valence-corrected chi connectivity index (χ0v) is 16.6. The van der Waals surface area contributed by atoms with Crippen LogP contribution < -0.4 is 0 Å². The van der Waals surface area contributed by atoms with Crippen LogP contribution in [-0.2, 0) is 4.79 Å². The largest absolute Gasteiger partial charge is 0.343 e. The molecule has 0 spiro atoms. The molecule has 0 fully saturated rings. The Bertz CT molecular complexity index is 294. The highest BCUT2D eigenvalue weighted by molar-refractivity contribution is 5.78. The molecule has 0 aromatic heterocycles. The maximum absolute atomic E-state index is 11.2. The molecule has 0 N–H and O–H groups in total. The van der Waals surface area contributed by atoms with E-state index in [1.807, 2.05) is 34.7 Å². The molecule has 0 aliphatic heterocycles. The van der Waals surface area contributed by atoms with Gasteiger partial charge in [0.25, 0.3) is 0 Å². The van der Waals surface area contributed by atoms with Crippen molar-refractivity contribution in [2.24, 2.45) is 11.8 Å². The summed E-state index contributed by atoms with van der Waals surface area (Å²) in [5.74, 6) is 1.04. The minimum Gasteiger partial charge on any atom is -0.343 e. The number of hydrogen-bond acceptors (Lipinski definition) is 2. The van der Waals surface area contributed by atoms with E-state index in [0.29, 0.717) is 23.5 Å². The van der Waals surface area contributed by atoms with E-state index in [0.717, 1.165) is 0 Å². The van der Waals surface area contributed by atoms with Crippen LogP contribution in [0.15, 0.2) is 0 Å². The molecule has 0 heterocycles. The second-order valence-electron chi connectivity index (χ2n) is 7.71. The summed E-state index contributed by atoms with van der Waals surface area (Å²) in [4.78, 5) is 15.4. The van der Waals surface area contributed by atoms with Crippen LogP contribution in [0.2, 0.25) is 0 Å². The lowest BCUT2D eigenvalue weighted by molar-refractivity contribution is -0.134. The van der Waals surface area contributed by atoms with Crippen molar-refractivity contribution in [3.8, 4) is 0 Å². The first-order valence-corrected chi connectivity index (χ1v) is 8.26. The first kappa shape index (κ1) is 22.7. The third-order valence-corrected chi connectivity index (χ3v) is 4.71. The number of nitrogens with zero attached hydrogens (tertiary/aromatic N) is 2. The molecule has 128 valence electrons. The van der Waals surface area contributed by atoms with Crippen molar-refractivity contribution in [2.75, 3.05) is 14.1 Å². The molecule has 0 bridgehead atoms. The molecule has 0 unspecified atom stereocenters.